The Hall–Kier alpha value is -2.61. The summed E-state index contributed by atoms with van der Waals surface area (Å²) in [6.45, 7) is 0. The van der Waals surface area contributed by atoms with Crippen molar-refractivity contribution in [2.75, 3.05) is 7.11 Å². The van der Waals surface area contributed by atoms with E-state index in [1.165, 1.54) is 11.1 Å². The second-order valence-electron chi connectivity index (χ2n) is 4.88. The molecule has 3 rings (SSSR count). The molecule has 0 aliphatic rings. The van der Waals surface area contributed by atoms with Crippen LogP contribution in [-0.4, -0.2) is 12.1 Å². The van der Waals surface area contributed by atoms with Crippen LogP contribution in [0.3, 0.4) is 0 Å². The van der Waals surface area contributed by atoms with Crippen LogP contribution in [0, 0.1) is 0 Å². The summed E-state index contributed by atoms with van der Waals surface area (Å²) in [4.78, 5) is 4.40. The smallest absolute Gasteiger partial charge is 0.121 e. The first-order chi connectivity index (χ1) is 10.4. The highest BCUT2D eigenvalue weighted by atomic mass is 16.5. The minimum atomic E-state index is 0.834. The van der Waals surface area contributed by atoms with Crippen molar-refractivity contribution in [1.82, 2.24) is 4.98 Å². The minimum Gasteiger partial charge on any atom is -0.497 e. The molecule has 2 heteroatoms. The summed E-state index contributed by atoms with van der Waals surface area (Å²) in [6, 6.07) is 18.5. The molecule has 0 atom stereocenters. The van der Waals surface area contributed by atoms with Crippen molar-refractivity contribution in [3.8, 4) is 5.75 Å². The lowest BCUT2D eigenvalue weighted by molar-refractivity contribution is 0.415. The van der Waals surface area contributed by atoms with Gasteiger partial charge in [0.2, 0.25) is 0 Å². The predicted molar refractivity (Wildman–Crippen MR) is 87.5 cm³/mol. The van der Waals surface area contributed by atoms with Crippen LogP contribution in [-0.2, 0) is 6.42 Å². The van der Waals surface area contributed by atoms with Gasteiger partial charge in [0.25, 0.3) is 0 Å². The van der Waals surface area contributed by atoms with Gasteiger partial charge in [0, 0.05) is 17.6 Å². The summed E-state index contributed by atoms with van der Waals surface area (Å²) in [6.07, 6.45) is 7.11. The molecular formula is C19H17NO. The number of rotatable bonds is 4. The summed E-state index contributed by atoms with van der Waals surface area (Å²) in [7, 11) is 1.67. The van der Waals surface area contributed by atoms with Gasteiger partial charge in [-0.05, 0) is 35.7 Å². The van der Waals surface area contributed by atoms with Gasteiger partial charge in [-0.3, -0.25) is 4.98 Å². The van der Waals surface area contributed by atoms with E-state index in [2.05, 4.69) is 47.5 Å². The zero-order valence-electron chi connectivity index (χ0n) is 12.0. The Balaban J connectivity index is 1.87. The van der Waals surface area contributed by atoms with Crippen molar-refractivity contribution in [3.05, 3.63) is 78.0 Å². The van der Waals surface area contributed by atoms with E-state index in [0.717, 1.165) is 23.1 Å². The number of hydrogen-bond acceptors (Lipinski definition) is 2. The molecule has 2 aromatic carbocycles. The summed E-state index contributed by atoms with van der Waals surface area (Å²) in [5.41, 5.74) is 3.45. The average Bonchev–Trinajstić information content (AvgIpc) is 2.55. The molecule has 0 N–H and O–H groups in total. The number of nitrogens with zero attached hydrogens (tertiary/aromatic N) is 1. The second kappa shape index (κ2) is 6.23. The number of allylic oxidation sites excluding steroid dienone is 1. The molecule has 0 spiro atoms. The number of aromatic nitrogens is 1. The fourth-order valence-corrected chi connectivity index (χ4v) is 2.36. The molecule has 0 aliphatic carbocycles. The molecule has 104 valence electrons. The highest BCUT2D eigenvalue weighted by Crippen LogP contribution is 2.22. The van der Waals surface area contributed by atoms with Gasteiger partial charge in [0.1, 0.15) is 5.75 Å². The van der Waals surface area contributed by atoms with Crippen molar-refractivity contribution in [3.63, 3.8) is 0 Å². The topological polar surface area (TPSA) is 22.1 Å². The predicted octanol–water partition coefficient (Wildman–Crippen LogP) is 4.50. The third kappa shape index (κ3) is 3.11. The minimum absolute atomic E-state index is 0.834. The van der Waals surface area contributed by atoms with Gasteiger partial charge in [0.05, 0.1) is 12.6 Å². The lowest BCUT2D eigenvalue weighted by Crippen LogP contribution is -1.86. The Kier molecular flexibility index (Phi) is 3.97. The van der Waals surface area contributed by atoms with Crippen LogP contribution in [0.15, 0.2) is 66.9 Å². The van der Waals surface area contributed by atoms with E-state index in [1.54, 1.807) is 7.11 Å². The molecule has 3 aromatic rings. The fraction of sp³-hybridized carbons (Fsp3) is 0.105. The van der Waals surface area contributed by atoms with Crippen molar-refractivity contribution in [2.45, 2.75) is 6.42 Å². The van der Waals surface area contributed by atoms with Crippen LogP contribution in [0.5, 0.6) is 5.75 Å². The molecule has 0 radical (unpaired) electrons. The zero-order valence-corrected chi connectivity index (χ0v) is 12.0. The first-order valence-electron chi connectivity index (χ1n) is 7.00. The van der Waals surface area contributed by atoms with Crippen molar-refractivity contribution in [2.24, 2.45) is 0 Å². The monoisotopic (exact) mass is 275 g/mol. The standard InChI is InChI=1S/C19H17NO/c1-21-17-10-11-18-16(12-13-20-19(18)14-17)9-5-8-15-6-3-2-4-7-15/h2-7,9-14H,8H2,1H3/b9-5+. The van der Waals surface area contributed by atoms with Gasteiger partial charge in [0.15, 0.2) is 0 Å². The lowest BCUT2D eigenvalue weighted by atomic mass is 10.1. The van der Waals surface area contributed by atoms with Crippen molar-refractivity contribution >= 4 is 17.0 Å². The van der Waals surface area contributed by atoms with Gasteiger partial charge in [-0.15, -0.1) is 0 Å². The zero-order chi connectivity index (χ0) is 14.5. The van der Waals surface area contributed by atoms with Crippen molar-refractivity contribution in [1.29, 1.82) is 0 Å². The van der Waals surface area contributed by atoms with Gasteiger partial charge >= 0.3 is 0 Å². The molecule has 0 bridgehead atoms. The van der Waals surface area contributed by atoms with Crippen LogP contribution in [0.2, 0.25) is 0 Å². The molecule has 0 aliphatic heterocycles. The number of ether oxygens (including phenoxy) is 1. The van der Waals surface area contributed by atoms with E-state index in [9.17, 15) is 0 Å². The number of hydrogen-bond donors (Lipinski definition) is 0. The van der Waals surface area contributed by atoms with Crippen LogP contribution >= 0.6 is 0 Å². The highest BCUT2D eigenvalue weighted by Gasteiger charge is 2.01. The summed E-state index contributed by atoms with van der Waals surface area (Å²) < 4.78 is 5.24. The Morgan fingerprint density at radius 3 is 2.71 bits per heavy atom. The lowest BCUT2D eigenvalue weighted by Gasteiger charge is -2.04. The first-order valence-corrected chi connectivity index (χ1v) is 7.00. The maximum absolute atomic E-state index is 5.24. The first kappa shape index (κ1) is 13.4. The summed E-state index contributed by atoms with van der Waals surface area (Å²) >= 11 is 0. The van der Waals surface area contributed by atoms with Crippen LogP contribution in [0.25, 0.3) is 17.0 Å². The van der Waals surface area contributed by atoms with E-state index >= 15 is 0 Å². The molecule has 0 unspecified atom stereocenters. The second-order valence-corrected chi connectivity index (χ2v) is 4.88. The molecule has 1 heterocycles. The Morgan fingerprint density at radius 1 is 1.05 bits per heavy atom. The molecule has 0 amide bonds. The number of pyridine rings is 1. The largest absolute Gasteiger partial charge is 0.497 e. The van der Waals surface area contributed by atoms with Crippen molar-refractivity contribution < 1.29 is 4.74 Å². The summed E-state index contributed by atoms with van der Waals surface area (Å²) in [5, 5.41) is 1.14. The normalized spacial score (nSPS) is 11.1. The SMILES string of the molecule is COc1ccc2c(/C=C/Cc3ccccc3)ccnc2c1. The van der Waals surface area contributed by atoms with Crippen LogP contribution < -0.4 is 4.74 Å². The third-order valence-corrected chi connectivity index (χ3v) is 3.48. The number of fused-ring (bicyclic) bond motifs is 1. The summed E-state index contributed by atoms with van der Waals surface area (Å²) in [5.74, 6) is 0.834. The van der Waals surface area contributed by atoms with Crippen LogP contribution in [0.4, 0.5) is 0 Å². The molecular weight excluding hydrogens is 258 g/mol. The molecule has 0 fully saturated rings. The van der Waals surface area contributed by atoms with E-state index in [-0.39, 0.29) is 0 Å². The quantitative estimate of drug-likeness (QED) is 0.699. The number of benzene rings is 2. The maximum atomic E-state index is 5.24. The van der Waals surface area contributed by atoms with E-state index in [1.807, 2.05) is 30.5 Å². The average molecular weight is 275 g/mol. The van der Waals surface area contributed by atoms with Crippen LogP contribution in [0.1, 0.15) is 11.1 Å². The molecule has 21 heavy (non-hydrogen) atoms. The molecule has 1 aromatic heterocycles. The van der Waals surface area contributed by atoms with E-state index in [0.29, 0.717) is 0 Å². The Morgan fingerprint density at radius 2 is 1.90 bits per heavy atom. The van der Waals surface area contributed by atoms with E-state index < -0.39 is 0 Å². The Bertz CT molecular complexity index is 763. The third-order valence-electron chi connectivity index (χ3n) is 3.48. The van der Waals surface area contributed by atoms with Gasteiger partial charge < -0.3 is 4.74 Å². The van der Waals surface area contributed by atoms with Gasteiger partial charge in [-0.1, -0.05) is 42.5 Å². The molecule has 0 saturated heterocycles. The number of methoxy groups -OCH3 is 1. The fourth-order valence-electron chi connectivity index (χ4n) is 2.36. The highest BCUT2D eigenvalue weighted by molar-refractivity contribution is 5.88. The van der Waals surface area contributed by atoms with Gasteiger partial charge in [-0.2, -0.15) is 0 Å². The van der Waals surface area contributed by atoms with Gasteiger partial charge in [-0.25, -0.2) is 0 Å². The molecule has 2 nitrogen and oxygen atoms in total. The van der Waals surface area contributed by atoms with E-state index in [4.69, 9.17) is 4.74 Å². The maximum Gasteiger partial charge on any atom is 0.121 e. The Labute approximate surface area is 124 Å². The molecule has 0 saturated carbocycles.